The number of hydrogen-bond donors (Lipinski definition) is 1. The Morgan fingerprint density at radius 3 is 2.00 bits per heavy atom. The number of hydrogen-bond acceptors (Lipinski definition) is 4. The molecule has 0 fully saturated rings. The highest BCUT2D eigenvalue weighted by atomic mass is 16.5. The van der Waals surface area contributed by atoms with Gasteiger partial charge in [-0.25, -0.2) is 0 Å². The first-order valence-corrected chi connectivity index (χ1v) is 11.3. The molecule has 28 heavy (non-hydrogen) atoms. The summed E-state index contributed by atoms with van der Waals surface area (Å²) in [6.07, 6.45) is 7.54. The van der Waals surface area contributed by atoms with Crippen LogP contribution in [0.1, 0.15) is 86.5 Å². The molecule has 0 bridgehead atoms. The summed E-state index contributed by atoms with van der Waals surface area (Å²) in [7, 11) is 4.08. The second-order valence-electron chi connectivity index (χ2n) is 8.11. The van der Waals surface area contributed by atoms with E-state index in [0.717, 1.165) is 38.8 Å². The minimum absolute atomic E-state index is 0.0348. The third-order valence-electron chi connectivity index (χ3n) is 5.16. The molecule has 3 atom stereocenters. The van der Waals surface area contributed by atoms with Crippen LogP contribution in [0, 0.1) is 17.8 Å². The second-order valence-corrected chi connectivity index (χ2v) is 8.11. The smallest absolute Gasteiger partial charge is 0.308 e. The van der Waals surface area contributed by atoms with Crippen molar-refractivity contribution in [1.82, 2.24) is 10.2 Å². The first-order valence-electron chi connectivity index (χ1n) is 11.3. The molecule has 0 aliphatic rings. The van der Waals surface area contributed by atoms with Gasteiger partial charge in [-0.2, -0.15) is 0 Å². The van der Waals surface area contributed by atoms with Crippen molar-refractivity contribution in [2.45, 2.75) is 86.5 Å². The SMILES string of the molecule is CCC(C)C(=O)NCCCN(C)C.CCCCC(CC)COC(=O)C(C)CC. The Hall–Kier alpha value is -1.10. The summed E-state index contributed by atoms with van der Waals surface area (Å²) in [5, 5.41) is 2.92. The number of nitrogens with one attached hydrogen (secondary N) is 1. The normalized spacial score (nSPS) is 13.9. The van der Waals surface area contributed by atoms with Crippen LogP contribution in [-0.2, 0) is 14.3 Å². The topological polar surface area (TPSA) is 58.6 Å². The van der Waals surface area contributed by atoms with Crippen molar-refractivity contribution in [2.24, 2.45) is 17.8 Å². The van der Waals surface area contributed by atoms with Crippen LogP contribution < -0.4 is 5.32 Å². The highest BCUT2D eigenvalue weighted by Gasteiger charge is 2.14. The average molecular weight is 401 g/mol. The van der Waals surface area contributed by atoms with Crippen molar-refractivity contribution in [3.63, 3.8) is 0 Å². The van der Waals surface area contributed by atoms with E-state index in [-0.39, 0.29) is 23.7 Å². The Kier molecular flexibility index (Phi) is 20.0. The van der Waals surface area contributed by atoms with Crippen LogP contribution >= 0.6 is 0 Å². The van der Waals surface area contributed by atoms with Gasteiger partial charge in [0.2, 0.25) is 5.91 Å². The van der Waals surface area contributed by atoms with Crippen LogP contribution in [0.15, 0.2) is 0 Å². The van der Waals surface area contributed by atoms with Gasteiger partial charge in [0.1, 0.15) is 0 Å². The Morgan fingerprint density at radius 2 is 1.54 bits per heavy atom. The molecule has 0 aromatic heterocycles. The van der Waals surface area contributed by atoms with Crippen LogP contribution in [0.2, 0.25) is 0 Å². The fourth-order valence-corrected chi connectivity index (χ4v) is 2.37. The maximum Gasteiger partial charge on any atom is 0.308 e. The van der Waals surface area contributed by atoms with Crippen LogP contribution in [-0.4, -0.2) is 50.6 Å². The van der Waals surface area contributed by atoms with Gasteiger partial charge in [0.05, 0.1) is 12.5 Å². The van der Waals surface area contributed by atoms with E-state index in [0.29, 0.717) is 12.5 Å². The highest BCUT2D eigenvalue weighted by Crippen LogP contribution is 2.14. The number of ether oxygens (including phenoxy) is 1. The van der Waals surface area contributed by atoms with Crippen molar-refractivity contribution < 1.29 is 14.3 Å². The molecule has 5 heteroatoms. The van der Waals surface area contributed by atoms with Gasteiger partial charge in [-0.1, -0.05) is 60.8 Å². The first kappa shape index (κ1) is 29.1. The lowest BCUT2D eigenvalue weighted by Gasteiger charge is -2.16. The first-order chi connectivity index (χ1) is 13.2. The number of carbonyl (C=O) groups is 2. The fourth-order valence-electron chi connectivity index (χ4n) is 2.37. The summed E-state index contributed by atoms with van der Waals surface area (Å²) < 4.78 is 5.31. The van der Waals surface area contributed by atoms with E-state index in [9.17, 15) is 9.59 Å². The van der Waals surface area contributed by atoms with Crippen LogP contribution in [0.4, 0.5) is 0 Å². The van der Waals surface area contributed by atoms with Crippen molar-refractivity contribution in [2.75, 3.05) is 33.8 Å². The fraction of sp³-hybridized carbons (Fsp3) is 0.913. The Balaban J connectivity index is 0. The van der Waals surface area contributed by atoms with E-state index in [2.05, 4.69) is 24.1 Å². The molecule has 0 aromatic carbocycles. The highest BCUT2D eigenvalue weighted by molar-refractivity contribution is 5.78. The van der Waals surface area contributed by atoms with Crippen molar-refractivity contribution in [1.29, 1.82) is 0 Å². The number of nitrogens with zero attached hydrogens (tertiary/aromatic N) is 1. The van der Waals surface area contributed by atoms with Crippen LogP contribution in [0.5, 0.6) is 0 Å². The van der Waals surface area contributed by atoms with Gasteiger partial charge in [-0.05, 0) is 52.2 Å². The van der Waals surface area contributed by atoms with Crippen LogP contribution in [0.3, 0.4) is 0 Å². The number of unbranched alkanes of at least 4 members (excludes halogenated alkanes) is 1. The molecular weight excluding hydrogens is 352 g/mol. The summed E-state index contributed by atoms with van der Waals surface area (Å²) in [5.41, 5.74) is 0. The monoisotopic (exact) mass is 400 g/mol. The quantitative estimate of drug-likeness (QED) is 0.333. The van der Waals surface area contributed by atoms with E-state index in [1.165, 1.54) is 19.3 Å². The molecule has 1 amide bonds. The van der Waals surface area contributed by atoms with E-state index in [1.54, 1.807) is 0 Å². The van der Waals surface area contributed by atoms with Gasteiger partial charge in [0.25, 0.3) is 0 Å². The zero-order valence-electron chi connectivity index (χ0n) is 20.0. The lowest BCUT2D eigenvalue weighted by Crippen LogP contribution is -2.31. The third-order valence-corrected chi connectivity index (χ3v) is 5.16. The number of rotatable bonds is 14. The van der Waals surface area contributed by atoms with Crippen molar-refractivity contribution in [3.05, 3.63) is 0 Å². The molecule has 0 aliphatic heterocycles. The molecule has 0 aromatic rings. The molecule has 0 saturated carbocycles. The molecule has 0 radical (unpaired) electrons. The standard InChI is InChI=1S/C13H26O2.C10H22N2O/c1-5-8-9-12(7-3)10-15-13(14)11(4)6-2;1-5-9(2)10(13)11-7-6-8-12(3)4/h11-12H,5-10H2,1-4H3;9H,5-8H2,1-4H3,(H,11,13). The van der Waals surface area contributed by atoms with E-state index < -0.39 is 0 Å². The van der Waals surface area contributed by atoms with Gasteiger partial charge in [0.15, 0.2) is 0 Å². The summed E-state index contributed by atoms with van der Waals surface area (Å²) in [4.78, 5) is 24.9. The van der Waals surface area contributed by atoms with Crippen molar-refractivity contribution >= 4 is 11.9 Å². The molecule has 3 unspecified atom stereocenters. The molecule has 168 valence electrons. The lowest BCUT2D eigenvalue weighted by atomic mass is 10.0. The Morgan fingerprint density at radius 1 is 0.929 bits per heavy atom. The molecule has 0 rings (SSSR count). The van der Waals surface area contributed by atoms with E-state index in [4.69, 9.17) is 4.74 Å². The molecule has 0 saturated heterocycles. The van der Waals surface area contributed by atoms with Gasteiger partial charge in [0, 0.05) is 12.5 Å². The van der Waals surface area contributed by atoms with Gasteiger partial charge < -0.3 is 15.0 Å². The maximum atomic E-state index is 11.4. The second kappa shape index (κ2) is 19.2. The average Bonchev–Trinajstić information content (AvgIpc) is 2.69. The zero-order valence-corrected chi connectivity index (χ0v) is 20.0. The van der Waals surface area contributed by atoms with Gasteiger partial charge in [-0.3, -0.25) is 9.59 Å². The Bertz CT molecular complexity index is 386. The Labute approximate surface area is 175 Å². The van der Waals surface area contributed by atoms with Gasteiger partial charge >= 0.3 is 5.97 Å². The predicted molar refractivity (Wildman–Crippen MR) is 119 cm³/mol. The minimum atomic E-state index is -0.0348. The maximum absolute atomic E-state index is 11.4. The van der Waals surface area contributed by atoms with E-state index in [1.807, 2.05) is 41.8 Å². The van der Waals surface area contributed by atoms with Crippen molar-refractivity contribution in [3.8, 4) is 0 Å². The number of amides is 1. The van der Waals surface area contributed by atoms with E-state index >= 15 is 0 Å². The lowest BCUT2D eigenvalue weighted by molar-refractivity contribution is -0.149. The molecule has 0 heterocycles. The predicted octanol–water partition coefficient (Wildman–Crippen LogP) is 4.89. The molecule has 1 N–H and O–H groups in total. The molecule has 0 aliphatic carbocycles. The minimum Gasteiger partial charge on any atom is -0.465 e. The summed E-state index contributed by atoms with van der Waals surface area (Å²) in [6.45, 7) is 14.7. The van der Waals surface area contributed by atoms with Crippen LogP contribution in [0.25, 0.3) is 0 Å². The summed E-state index contributed by atoms with van der Waals surface area (Å²) >= 11 is 0. The molecule has 0 spiro atoms. The number of carbonyl (C=O) groups excluding carboxylic acids is 2. The number of esters is 1. The summed E-state index contributed by atoms with van der Waals surface area (Å²) in [5.74, 6) is 0.902. The summed E-state index contributed by atoms with van der Waals surface area (Å²) in [6, 6.07) is 0. The largest absolute Gasteiger partial charge is 0.465 e. The zero-order chi connectivity index (χ0) is 21.9. The van der Waals surface area contributed by atoms with Gasteiger partial charge in [-0.15, -0.1) is 0 Å². The third kappa shape index (κ3) is 17.0. The molecular formula is C23H48N2O3. The molecule has 5 nitrogen and oxygen atoms in total.